The van der Waals surface area contributed by atoms with Gasteiger partial charge in [0.05, 0.1) is 21.3 Å². The minimum atomic E-state index is -2.67. The lowest BCUT2D eigenvalue weighted by Crippen LogP contribution is -2.28. The highest BCUT2D eigenvalue weighted by molar-refractivity contribution is 7.89. The fraction of sp³-hybridized carbons (Fsp3) is 0.370. The average Bonchev–Trinajstić information content (AvgIpc) is 0.797. The molecule has 3 heterocycles. The molecule has 11 aromatic rings. The van der Waals surface area contributed by atoms with Crippen molar-refractivity contribution in [1.82, 2.24) is 24.8 Å². The van der Waals surface area contributed by atoms with Crippen molar-refractivity contribution in [3.63, 3.8) is 0 Å². The van der Waals surface area contributed by atoms with Gasteiger partial charge in [-0.2, -0.15) is 0 Å². The van der Waals surface area contributed by atoms with Crippen molar-refractivity contribution in [1.29, 1.82) is 0 Å². The minimum absolute atomic E-state index is 0. The molecular weight excluding hydrogens is 1530 g/mol. The summed E-state index contributed by atoms with van der Waals surface area (Å²) in [7, 11) is 22.7. The molecule has 0 bridgehead atoms. The molecule has 0 N–H and O–H groups in total. The Morgan fingerprint density at radius 2 is 0.542 bits per heavy atom. The van der Waals surface area contributed by atoms with Crippen LogP contribution in [0.2, 0.25) is 0 Å². The molecule has 0 atom stereocenters. The largest absolute Gasteiger partial charge is 0.497 e. The average molecular weight is 1670 g/mol. The normalized spacial score (nSPS) is 10.9. The second-order valence-corrected chi connectivity index (χ2v) is 30.0. The number of rotatable bonds is 11. The molecule has 20 heteroatoms. The number of fused-ring (bicyclic) bond motifs is 2. The summed E-state index contributed by atoms with van der Waals surface area (Å²) in [5.74, 6) is 10.5. The third-order valence-corrected chi connectivity index (χ3v) is 15.9. The quantitative estimate of drug-likeness (QED) is 0.119. The predicted octanol–water partition coefficient (Wildman–Crippen LogP) is 22.9. The van der Waals surface area contributed by atoms with Gasteiger partial charge in [-0.05, 0) is 175 Å². The lowest BCUT2D eigenvalue weighted by Gasteiger charge is -2.26. The van der Waals surface area contributed by atoms with Crippen LogP contribution >= 0.6 is 0 Å². The summed E-state index contributed by atoms with van der Waals surface area (Å²) in [6.07, 6.45) is 2.32. The van der Waals surface area contributed by atoms with E-state index >= 15 is 0 Å². The Balaban J connectivity index is -0.00000134. The van der Waals surface area contributed by atoms with E-state index in [0.717, 1.165) is 94.8 Å². The van der Waals surface area contributed by atoms with Gasteiger partial charge in [0.1, 0.15) is 92.5 Å². The summed E-state index contributed by atoms with van der Waals surface area (Å²) in [6.45, 7) is 28.1. The molecule has 0 radical (unpaired) electrons. The Morgan fingerprint density at radius 3 is 0.825 bits per heavy atom. The molecule has 0 saturated carbocycles. The summed E-state index contributed by atoms with van der Waals surface area (Å²) >= 11 is 0. The highest BCUT2D eigenvalue weighted by Gasteiger charge is 2.25. The molecule has 0 spiro atoms. The van der Waals surface area contributed by atoms with Crippen LogP contribution < -0.4 is 33.2 Å². The maximum absolute atomic E-state index is 9.63. The van der Waals surface area contributed by atoms with Gasteiger partial charge in [-0.1, -0.05) is 231 Å². The number of hydrogen-bond donors (Lipinski definition) is 0. The topological polar surface area (TPSA) is 190 Å². The standard InChI is InChI=1S/C29H28O2.C17H20O2.C10H13NO.C9H11NO.C7H8O.C6H9N3.C6H6.C2H6O2S.5C2H6O.C2H6.2CH4/c1-21-5-13-25(14-6-21)30-27-17-9-23(10-18-27)29(3,4)24-11-19-28(20-12-24)31-26-15-7-22(2)8-16-26;1-17(2,13-5-9-15(18-3)10-6-13)14-7-11-16(19-4)12-8-14;1-8-3-4-10-9(5-8)6-11(2)7-12-10;1-10-6-8-4-2-3-5-9(8)11-7-10;1-8-7-5-3-2-4-6-7;1-4-7-5(2)9-6(3)8-4;1-2-4-6-5-3-1;1-5(2,3)4;5*1-3-2;1-2;;/h5-20H,1-4H3;5-12H,1-4H3;3-5H,6-7H2,1-2H3;2-5H,6-7H2,1H3;2-6H,1H3;1-3H3;1-6H;1-2H3;5*1-2H3;1-2H3;2*1H4. The maximum Gasteiger partial charge on any atom is 0.144 e. The molecule has 0 amide bonds. The molecule has 13 rings (SSSR count). The van der Waals surface area contributed by atoms with Crippen molar-refractivity contribution in [2.24, 2.45) is 0 Å². The van der Waals surface area contributed by atoms with Crippen molar-refractivity contribution in [2.75, 3.05) is 132 Å². The second kappa shape index (κ2) is 66.3. The summed E-state index contributed by atoms with van der Waals surface area (Å²) in [4.78, 5) is 16.3. The Bertz CT molecular complexity index is 4170. The van der Waals surface area contributed by atoms with Gasteiger partial charge >= 0.3 is 0 Å². The zero-order valence-electron chi connectivity index (χ0n) is 75.9. The number of benzene rings is 10. The van der Waals surface area contributed by atoms with Gasteiger partial charge in [-0.3, -0.25) is 9.80 Å². The Hall–Kier alpha value is -10.5. The van der Waals surface area contributed by atoms with Crippen LogP contribution in [-0.2, 0) is 57.4 Å². The lowest BCUT2D eigenvalue weighted by atomic mass is 9.78. The summed E-state index contributed by atoms with van der Waals surface area (Å²) in [6, 6.07) is 85.5. The molecule has 10 aromatic carbocycles. The van der Waals surface area contributed by atoms with E-state index in [1.807, 2.05) is 192 Å². The van der Waals surface area contributed by atoms with E-state index in [0.29, 0.717) is 13.5 Å². The number of sulfone groups is 1. The molecule has 660 valence electrons. The zero-order valence-corrected chi connectivity index (χ0v) is 76.8. The van der Waals surface area contributed by atoms with Crippen molar-refractivity contribution < 1.29 is 65.3 Å². The number of aryl methyl sites for hydroxylation is 6. The number of methoxy groups -OCH3 is 8. The van der Waals surface area contributed by atoms with E-state index < -0.39 is 9.84 Å². The zero-order chi connectivity index (χ0) is 88.9. The van der Waals surface area contributed by atoms with E-state index in [-0.39, 0.29) is 25.7 Å². The fourth-order valence-electron chi connectivity index (χ4n) is 10.2. The molecule has 0 fully saturated rings. The highest BCUT2D eigenvalue weighted by Crippen LogP contribution is 2.36. The minimum Gasteiger partial charge on any atom is -0.497 e. The second-order valence-electron chi connectivity index (χ2n) is 27.7. The molecule has 2 aliphatic rings. The van der Waals surface area contributed by atoms with Crippen LogP contribution in [-0.4, -0.2) is 166 Å². The Kier molecular flexibility index (Phi) is 62.8. The van der Waals surface area contributed by atoms with Crippen LogP contribution in [0.15, 0.2) is 255 Å². The Morgan fingerprint density at radius 1 is 0.317 bits per heavy atom. The predicted molar refractivity (Wildman–Crippen MR) is 501 cm³/mol. The molecule has 19 nitrogen and oxygen atoms in total. The van der Waals surface area contributed by atoms with Gasteiger partial charge < -0.3 is 56.8 Å². The van der Waals surface area contributed by atoms with Gasteiger partial charge in [0.15, 0.2) is 0 Å². The Labute approximate surface area is 724 Å². The molecule has 2 aliphatic heterocycles. The van der Waals surface area contributed by atoms with E-state index in [2.05, 4.69) is 208 Å². The molecular formula is C100H145N5O14S. The third-order valence-electron chi connectivity index (χ3n) is 15.9. The monoisotopic (exact) mass is 1670 g/mol. The number of nitrogens with zero attached hydrogens (tertiary/aromatic N) is 5. The van der Waals surface area contributed by atoms with Gasteiger partial charge in [0, 0.05) is 119 Å². The maximum atomic E-state index is 9.63. The van der Waals surface area contributed by atoms with Crippen molar-refractivity contribution >= 4 is 9.84 Å². The van der Waals surface area contributed by atoms with Crippen LogP contribution in [0.3, 0.4) is 0 Å². The third kappa shape index (κ3) is 50.4. The van der Waals surface area contributed by atoms with Gasteiger partial charge in [0.2, 0.25) is 0 Å². The molecule has 120 heavy (non-hydrogen) atoms. The first kappa shape index (κ1) is 114. The van der Waals surface area contributed by atoms with Gasteiger partial charge in [0.25, 0.3) is 0 Å². The van der Waals surface area contributed by atoms with Crippen molar-refractivity contribution in [3.8, 4) is 51.7 Å². The van der Waals surface area contributed by atoms with E-state index in [1.54, 1.807) is 92.4 Å². The summed E-state index contributed by atoms with van der Waals surface area (Å²) in [5.41, 5.74) is 11.1. The summed E-state index contributed by atoms with van der Waals surface area (Å²) < 4.78 is 78.7. The summed E-state index contributed by atoms with van der Waals surface area (Å²) in [5, 5.41) is 0. The van der Waals surface area contributed by atoms with Crippen LogP contribution in [0, 0.1) is 41.5 Å². The van der Waals surface area contributed by atoms with Gasteiger partial charge in [-0.15, -0.1) is 0 Å². The van der Waals surface area contributed by atoms with Crippen LogP contribution in [0.4, 0.5) is 0 Å². The molecule has 0 unspecified atom stereocenters. The van der Waals surface area contributed by atoms with E-state index in [9.17, 15) is 8.42 Å². The lowest BCUT2D eigenvalue weighted by molar-refractivity contribution is 0.121. The van der Waals surface area contributed by atoms with E-state index in [4.69, 9.17) is 33.2 Å². The fourth-order valence-corrected chi connectivity index (χ4v) is 10.2. The SMILES string of the molecule is C.C.CC.CN1COc2ccccc2C1.COC.COC.COC.COC.COC.COc1ccc(C(C)(C)c2ccc(OC)cc2)cc1.COc1ccccc1.CS(C)(=O)=O.Cc1ccc(Oc2ccc(C(C)(C)c3ccc(Oc4ccc(C)cc4)cc3)cc2)cc1.Cc1ccc2c(c1)CN(C)CO2.Cc1nc(C)nc(C)n1.c1ccccc1. The molecule has 1 aromatic heterocycles. The molecule has 0 aliphatic carbocycles. The number of aromatic nitrogens is 3. The van der Waals surface area contributed by atoms with Crippen molar-refractivity contribution in [2.45, 2.75) is 122 Å². The number of ether oxygens (including phenoxy) is 12. The highest BCUT2D eigenvalue weighted by atomic mass is 32.2. The first-order chi connectivity index (χ1) is 56.3. The van der Waals surface area contributed by atoms with Crippen LogP contribution in [0.25, 0.3) is 0 Å². The van der Waals surface area contributed by atoms with Crippen molar-refractivity contribution in [3.05, 3.63) is 322 Å². The number of hydrogen-bond acceptors (Lipinski definition) is 19. The smallest absolute Gasteiger partial charge is 0.144 e. The first-order valence-electron chi connectivity index (χ1n) is 38.5. The number of para-hydroxylation sites is 2. The molecule has 0 saturated heterocycles. The van der Waals surface area contributed by atoms with Gasteiger partial charge in [-0.25, -0.2) is 23.4 Å². The van der Waals surface area contributed by atoms with Crippen LogP contribution in [0.5, 0.6) is 51.7 Å². The first-order valence-corrected chi connectivity index (χ1v) is 40.8. The van der Waals surface area contributed by atoms with Crippen LogP contribution in [0.1, 0.15) is 124 Å². The van der Waals surface area contributed by atoms with E-state index in [1.165, 1.54) is 50.1 Å².